The van der Waals surface area contributed by atoms with Crippen molar-refractivity contribution in [2.45, 2.75) is 118 Å². The SMILES string of the molecule is Cc1cc[n+](C)c(-n2c3c(C)c(C)ccc3n3c4cccc(C)c4nc23)c1.Cc1cc[n+](C)c(-n2c3ccc(C)cc3c3ccc(C)c(C)c32)c1.Cc1cc[n+](C)c(-n2c3ccccc3c3c4c(oc5ccccc54)c(C)c(C)c32)c1.Cc1cc[n+](C)c(-n2c3ccccc3c3c4oc5ccccc5c4c(C)c(C)c32)c1.Cc1cc[n+](C)c(-n2c3ccccc3c3ccc(C)c(C)c32)c1. The molecule has 0 atom stereocenters. The fourth-order valence-electron chi connectivity index (χ4n) is 20.9. The third kappa shape index (κ3) is 13.6. The van der Waals surface area contributed by atoms with Gasteiger partial charge in [0.2, 0.25) is 0 Å². The number of nitrogens with zero attached hydrogens (tertiary/aromatic N) is 12. The Hall–Kier alpha value is -15.5. The van der Waals surface area contributed by atoms with Gasteiger partial charge < -0.3 is 8.83 Å². The predicted molar refractivity (Wildman–Crippen MR) is 554 cm³/mol. The van der Waals surface area contributed by atoms with Crippen molar-refractivity contribution in [2.75, 3.05) is 0 Å². The number of aryl methyl sites for hydroxylation is 22. The lowest BCUT2D eigenvalue weighted by molar-refractivity contribution is -0.665. The summed E-state index contributed by atoms with van der Waals surface area (Å²) in [6.07, 6.45) is 10.7. The van der Waals surface area contributed by atoms with Crippen LogP contribution >= 0.6 is 0 Å². The Bertz CT molecular complexity index is 9230. The van der Waals surface area contributed by atoms with Crippen LogP contribution in [0.2, 0.25) is 0 Å². The Balaban J connectivity index is 0.000000101. The summed E-state index contributed by atoms with van der Waals surface area (Å²) in [5.41, 5.74) is 40.3. The minimum atomic E-state index is 0.945. The van der Waals surface area contributed by atoms with E-state index in [1.807, 2.05) is 12.1 Å². The van der Waals surface area contributed by atoms with Crippen LogP contribution in [0.25, 0.3) is 188 Å². The summed E-state index contributed by atoms with van der Waals surface area (Å²) in [6.45, 7) is 37.1. The molecular formula is C120H113N12O2+5. The molecule has 13 aromatic heterocycles. The molecule has 0 aliphatic heterocycles. The van der Waals surface area contributed by atoms with Gasteiger partial charge in [0, 0.05) is 106 Å². The van der Waals surface area contributed by atoms with E-state index >= 15 is 0 Å². The summed E-state index contributed by atoms with van der Waals surface area (Å²) in [5, 5.41) is 15.1. The van der Waals surface area contributed by atoms with Gasteiger partial charge in [0.25, 0.3) is 29.1 Å². The van der Waals surface area contributed by atoms with Crippen LogP contribution in [-0.4, -0.2) is 32.2 Å². The van der Waals surface area contributed by atoms with Gasteiger partial charge in [0.1, 0.15) is 66.5 Å². The predicted octanol–water partition coefficient (Wildman–Crippen LogP) is 26.7. The number of furan rings is 2. The lowest BCUT2D eigenvalue weighted by Gasteiger charge is -2.08. The summed E-state index contributed by atoms with van der Waals surface area (Å²) in [4.78, 5) is 5.08. The van der Waals surface area contributed by atoms with Gasteiger partial charge in [-0.2, -0.15) is 27.8 Å². The third-order valence-corrected chi connectivity index (χ3v) is 28.7. The van der Waals surface area contributed by atoms with Gasteiger partial charge in [0.05, 0.1) is 88.2 Å². The summed E-state index contributed by atoms with van der Waals surface area (Å²) in [6, 6.07) is 91.4. The van der Waals surface area contributed by atoms with Crippen molar-refractivity contribution in [3.05, 3.63) is 380 Å². The molecule has 134 heavy (non-hydrogen) atoms. The number of fused-ring (bicyclic) bond motifs is 25. The maximum absolute atomic E-state index is 6.49. The molecule has 14 nitrogen and oxygen atoms in total. The van der Waals surface area contributed by atoms with Crippen molar-refractivity contribution in [1.29, 1.82) is 0 Å². The molecule has 0 aliphatic rings. The molecule has 0 bridgehead atoms. The van der Waals surface area contributed by atoms with Crippen molar-refractivity contribution < 1.29 is 31.7 Å². The number of para-hydroxylation sites is 6. The van der Waals surface area contributed by atoms with Gasteiger partial charge in [-0.25, -0.2) is 22.8 Å². The number of hydrogen-bond acceptors (Lipinski definition) is 3. The zero-order valence-corrected chi connectivity index (χ0v) is 80.8. The largest absolute Gasteiger partial charge is 0.456 e. The summed E-state index contributed by atoms with van der Waals surface area (Å²) in [7, 11) is 10.5. The van der Waals surface area contributed by atoms with Crippen LogP contribution in [-0.2, 0) is 35.2 Å². The molecule has 660 valence electrons. The van der Waals surface area contributed by atoms with Crippen molar-refractivity contribution in [1.82, 2.24) is 32.2 Å². The Labute approximate surface area is 780 Å². The topological polar surface area (TPSA) is 87.6 Å². The fraction of sp³-hybridized carbons (Fsp3) is 0.183. The van der Waals surface area contributed by atoms with E-state index in [0.29, 0.717) is 0 Å². The Morgan fingerprint density at radius 1 is 0.224 bits per heavy atom. The standard InChI is InChI=1S/2C27H23N2O.C23H23N4.C22H23N2.C21H21N2/c1-16-13-14-28(4)23(15-16)29-21-11-7-5-9-19(21)24-25-20-10-6-8-12-22(20)30-27(25)18(3)17(2)26(24)29;1-16-13-14-28(4)23(15-16)29-21-11-7-5-9-19(21)25-26(29)18(3)17(2)24-20-10-6-8-12-22(20)30-27(24)25;1-14-11-12-25(5)20(13-14)27-22-17(4)15(2)9-10-19(22)26-18-8-6-7-16(3)21(18)24-23(26)27;1-14-6-9-20-19(12-14)18-8-7-16(3)17(4)22(18)24(20)21-13-15(2)10-11-23(21)5;1-14-11-12-22(4)20(13-14)23-19-8-6-5-7-17(19)18-10-9-15(2)16(3)21(18)23/h2*5-15H,1-4H3;6-13H,1-5H3;6-13H,1-5H3;5-13H,1-4H3/q5*+1. The number of pyridine rings is 5. The highest BCUT2D eigenvalue weighted by Crippen LogP contribution is 2.48. The van der Waals surface area contributed by atoms with Crippen LogP contribution in [0.15, 0.2) is 295 Å². The van der Waals surface area contributed by atoms with E-state index in [0.717, 1.165) is 56.6 Å². The van der Waals surface area contributed by atoms with Crippen LogP contribution in [0.4, 0.5) is 0 Å². The molecule has 0 unspecified atom stereocenters. The van der Waals surface area contributed by atoms with Gasteiger partial charge in [-0.3, -0.25) is 4.40 Å². The first-order valence-electron chi connectivity index (χ1n) is 46.5. The molecule has 0 spiro atoms. The monoisotopic (exact) mass is 1750 g/mol. The second-order valence-corrected chi connectivity index (χ2v) is 37.5. The van der Waals surface area contributed by atoms with Crippen LogP contribution in [0.3, 0.4) is 0 Å². The van der Waals surface area contributed by atoms with E-state index in [9.17, 15) is 0 Å². The maximum atomic E-state index is 6.49. The summed E-state index contributed by atoms with van der Waals surface area (Å²) < 4.78 is 38.1. The van der Waals surface area contributed by atoms with Crippen LogP contribution in [0, 0.1) is 118 Å². The van der Waals surface area contributed by atoms with Gasteiger partial charge in [-0.05, 0) is 305 Å². The number of aromatic nitrogens is 12. The molecule has 0 fully saturated rings. The normalized spacial score (nSPS) is 11.8. The molecule has 0 saturated carbocycles. The summed E-state index contributed by atoms with van der Waals surface area (Å²) in [5.74, 6) is 6.80. The summed E-state index contributed by atoms with van der Waals surface area (Å²) >= 11 is 0. The first-order valence-corrected chi connectivity index (χ1v) is 46.5. The first-order chi connectivity index (χ1) is 64.6. The highest BCUT2D eigenvalue weighted by atomic mass is 16.3. The maximum Gasteiger partial charge on any atom is 0.312 e. The molecule has 0 amide bonds. The molecule has 25 rings (SSSR count). The van der Waals surface area contributed by atoms with Crippen molar-refractivity contribution in [2.24, 2.45) is 35.2 Å². The zero-order chi connectivity index (χ0) is 93.2. The number of benzene rings is 12. The minimum Gasteiger partial charge on any atom is -0.456 e. The van der Waals surface area contributed by atoms with Crippen LogP contribution in [0.1, 0.15) is 94.6 Å². The first kappa shape index (κ1) is 85.3. The number of hydrogen-bond donors (Lipinski definition) is 0. The van der Waals surface area contributed by atoms with Gasteiger partial charge in [-0.15, -0.1) is 0 Å². The third-order valence-electron chi connectivity index (χ3n) is 28.7. The lowest BCUT2D eigenvalue weighted by atomic mass is 9.98. The highest BCUT2D eigenvalue weighted by Gasteiger charge is 2.34. The van der Waals surface area contributed by atoms with E-state index in [-0.39, 0.29) is 0 Å². The highest BCUT2D eigenvalue weighted by molar-refractivity contribution is 6.29. The van der Waals surface area contributed by atoms with Gasteiger partial charge in [0.15, 0.2) is 5.52 Å². The molecule has 0 N–H and O–H groups in total. The molecular weight excluding hydrogens is 1640 g/mol. The smallest absolute Gasteiger partial charge is 0.312 e. The number of imidazole rings is 2. The average molecular weight is 1760 g/mol. The molecule has 14 heteroatoms. The van der Waals surface area contributed by atoms with Gasteiger partial charge >= 0.3 is 5.78 Å². The van der Waals surface area contributed by atoms with E-state index in [4.69, 9.17) is 13.8 Å². The Morgan fingerprint density at radius 3 is 1.08 bits per heavy atom. The van der Waals surface area contributed by atoms with Crippen molar-refractivity contribution >= 4 is 159 Å². The molecule has 13 heterocycles. The fourth-order valence-corrected chi connectivity index (χ4v) is 20.9. The molecule has 12 aromatic carbocycles. The molecule has 0 saturated heterocycles. The Morgan fingerprint density at radius 2 is 0.582 bits per heavy atom. The van der Waals surface area contributed by atoms with E-state index < -0.39 is 0 Å². The van der Waals surface area contributed by atoms with Gasteiger partial charge in [-0.1, -0.05) is 115 Å². The van der Waals surface area contributed by atoms with Crippen LogP contribution in [0.5, 0.6) is 0 Å². The molecule has 0 radical (unpaired) electrons. The lowest BCUT2D eigenvalue weighted by Crippen LogP contribution is -2.33. The van der Waals surface area contributed by atoms with E-state index in [2.05, 4.69) is 477 Å². The van der Waals surface area contributed by atoms with Crippen LogP contribution < -0.4 is 22.8 Å². The van der Waals surface area contributed by atoms with E-state index in [1.165, 1.54) is 226 Å². The molecule has 25 aromatic rings. The van der Waals surface area contributed by atoms with Crippen molar-refractivity contribution in [3.63, 3.8) is 0 Å². The second kappa shape index (κ2) is 32.8. The molecule has 0 aliphatic carbocycles. The minimum absolute atomic E-state index is 0.945. The second-order valence-electron chi connectivity index (χ2n) is 37.5. The Kier molecular flexibility index (Phi) is 20.9. The zero-order valence-electron chi connectivity index (χ0n) is 80.8. The van der Waals surface area contributed by atoms with E-state index in [1.54, 1.807) is 0 Å². The quantitative estimate of drug-likeness (QED) is 0.161. The number of rotatable bonds is 5. The average Bonchev–Trinajstić information content (AvgIpc) is 1.55. The van der Waals surface area contributed by atoms with Crippen molar-refractivity contribution in [3.8, 4) is 29.1 Å².